The van der Waals surface area contributed by atoms with Crippen molar-refractivity contribution in [3.63, 3.8) is 0 Å². The standard InChI is InChI=1S/C18H15NO5S.BrH/c20-16(21)10-12-3-7-14(8-4-12)24-13-5-1-11(2-6-13)9-15-17(22)19-18(23)25-15;/h1-8,15H,9-10H2,(H,20,21)(H,19,22,23);1H. The molecule has 1 atom stereocenters. The lowest BCUT2D eigenvalue weighted by atomic mass is 10.1. The van der Waals surface area contributed by atoms with Crippen LogP contribution in [-0.2, 0) is 22.4 Å². The van der Waals surface area contributed by atoms with Crippen molar-refractivity contribution in [1.82, 2.24) is 5.32 Å². The normalized spacial score (nSPS) is 15.9. The third kappa shape index (κ3) is 5.34. The van der Waals surface area contributed by atoms with Gasteiger partial charge in [0.1, 0.15) is 11.5 Å². The van der Waals surface area contributed by atoms with E-state index in [4.69, 9.17) is 9.84 Å². The van der Waals surface area contributed by atoms with Crippen molar-refractivity contribution in [1.29, 1.82) is 0 Å². The van der Waals surface area contributed by atoms with Crippen LogP contribution in [0.15, 0.2) is 48.5 Å². The molecule has 2 N–H and O–H groups in total. The first-order valence-corrected chi connectivity index (χ1v) is 8.46. The van der Waals surface area contributed by atoms with Crippen LogP contribution in [0.1, 0.15) is 11.1 Å². The minimum atomic E-state index is -0.875. The topological polar surface area (TPSA) is 92.7 Å². The molecule has 0 bridgehead atoms. The molecule has 1 unspecified atom stereocenters. The van der Waals surface area contributed by atoms with Crippen LogP contribution in [0.5, 0.6) is 11.5 Å². The molecule has 2 aromatic rings. The highest BCUT2D eigenvalue weighted by Gasteiger charge is 2.31. The van der Waals surface area contributed by atoms with E-state index in [2.05, 4.69) is 5.32 Å². The molecular formula is C18H16BrNO5S. The molecule has 1 heterocycles. The minimum absolute atomic E-state index is 0. The number of hydrogen-bond acceptors (Lipinski definition) is 5. The lowest BCUT2D eigenvalue weighted by Crippen LogP contribution is -2.25. The van der Waals surface area contributed by atoms with Crippen LogP contribution in [0.25, 0.3) is 0 Å². The molecule has 136 valence electrons. The number of thioether (sulfide) groups is 1. The summed E-state index contributed by atoms with van der Waals surface area (Å²) in [5.41, 5.74) is 1.64. The van der Waals surface area contributed by atoms with Crippen molar-refractivity contribution in [2.45, 2.75) is 18.1 Å². The Morgan fingerprint density at radius 2 is 1.54 bits per heavy atom. The van der Waals surface area contributed by atoms with Gasteiger partial charge in [0, 0.05) is 0 Å². The number of amides is 2. The van der Waals surface area contributed by atoms with Gasteiger partial charge in [-0.2, -0.15) is 0 Å². The van der Waals surface area contributed by atoms with E-state index >= 15 is 0 Å². The maximum absolute atomic E-state index is 11.6. The molecule has 2 amide bonds. The largest absolute Gasteiger partial charge is 0.481 e. The lowest BCUT2D eigenvalue weighted by Gasteiger charge is -2.09. The fourth-order valence-electron chi connectivity index (χ4n) is 2.42. The second-order valence-electron chi connectivity index (χ2n) is 5.55. The van der Waals surface area contributed by atoms with E-state index in [-0.39, 0.29) is 39.8 Å². The predicted octanol–water partition coefficient (Wildman–Crippen LogP) is 3.58. The second-order valence-corrected chi connectivity index (χ2v) is 6.72. The van der Waals surface area contributed by atoms with E-state index in [1.165, 1.54) is 0 Å². The number of carboxylic acids is 1. The molecule has 0 aliphatic carbocycles. The highest BCUT2D eigenvalue weighted by atomic mass is 79.9. The summed E-state index contributed by atoms with van der Waals surface area (Å²) in [6, 6.07) is 14.2. The van der Waals surface area contributed by atoms with Crippen LogP contribution in [0.2, 0.25) is 0 Å². The third-order valence-corrected chi connectivity index (χ3v) is 4.61. The van der Waals surface area contributed by atoms with Gasteiger partial charge in [-0.25, -0.2) is 0 Å². The van der Waals surface area contributed by atoms with Gasteiger partial charge in [0.25, 0.3) is 5.24 Å². The Labute approximate surface area is 164 Å². The van der Waals surface area contributed by atoms with Crippen LogP contribution < -0.4 is 10.1 Å². The van der Waals surface area contributed by atoms with E-state index in [9.17, 15) is 14.4 Å². The predicted molar refractivity (Wildman–Crippen MR) is 103 cm³/mol. The summed E-state index contributed by atoms with van der Waals surface area (Å²) in [6.07, 6.45) is 0.455. The number of aliphatic carboxylic acids is 1. The lowest BCUT2D eigenvalue weighted by molar-refractivity contribution is -0.136. The van der Waals surface area contributed by atoms with E-state index in [1.807, 2.05) is 12.1 Å². The van der Waals surface area contributed by atoms with Crippen molar-refractivity contribution in [3.8, 4) is 11.5 Å². The van der Waals surface area contributed by atoms with Gasteiger partial charge in [0.2, 0.25) is 5.91 Å². The summed E-state index contributed by atoms with van der Waals surface area (Å²) in [7, 11) is 0. The first-order valence-electron chi connectivity index (χ1n) is 7.58. The van der Waals surface area contributed by atoms with E-state index in [1.54, 1.807) is 36.4 Å². The molecule has 8 heteroatoms. The van der Waals surface area contributed by atoms with Crippen LogP contribution in [0, 0.1) is 0 Å². The fourth-order valence-corrected chi connectivity index (χ4v) is 3.28. The van der Waals surface area contributed by atoms with Crippen molar-refractivity contribution >= 4 is 45.9 Å². The minimum Gasteiger partial charge on any atom is -0.481 e. The van der Waals surface area contributed by atoms with E-state index in [0.29, 0.717) is 23.5 Å². The highest BCUT2D eigenvalue weighted by Crippen LogP contribution is 2.26. The van der Waals surface area contributed by atoms with Gasteiger partial charge < -0.3 is 9.84 Å². The number of nitrogens with one attached hydrogen (secondary N) is 1. The van der Waals surface area contributed by atoms with Gasteiger partial charge in [0.05, 0.1) is 11.7 Å². The summed E-state index contributed by atoms with van der Waals surface area (Å²) >= 11 is 1.01. The highest BCUT2D eigenvalue weighted by molar-refractivity contribution is 8.93. The Hall–Kier alpha value is -2.32. The Kier molecular flexibility index (Phi) is 6.82. The molecule has 0 saturated carbocycles. The molecule has 0 spiro atoms. The molecule has 1 aliphatic heterocycles. The van der Waals surface area contributed by atoms with Crippen molar-refractivity contribution < 1.29 is 24.2 Å². The fraction of sp³-hybridized carbons (Fsp3) is 0.167. The number of hydrogen-bond donors (Lipinski definition) is 2. The third-order valence-electron chi connectivity index (χ3n) is 3.63. The molecule has 1 fully saturated rings. The van der Waals surface area contributed by atoms with E-state index in [0.717, 1.165) is 17.3 Å². The number of carboxylic acid groups (broad SMARTS) is 1. The number of rotatable bonds is 6. The average molecular weight is 438 g/mol. The van der Waals surface area contributed by atoms with Gasteiger partial charge in [-0.15, -0.1) is 17.0 Å². The number of carbonyl (C=O) groups excluding carboxylic acids is 2. The van der Waals surface area contributed by atoms with Crippen LogP contribution >= 0.6 is 28.7 Å². The van der Waals surface area contributed by atoms with Gasteiger partial charge in [-0.3, -0.25) is 19.7 Å². The second kappa shape index (κ2) is 8.86. The van der Waals surface area contributed by atoms with Gasteiger partial charge >= 0.3 is 5.97 Å². The van der Waals surface area contributed by atoms with E-state index < -0.39 is 5.97 Å². The average Bonchev–Trinajstić information content (AvgIpc) is 2.88. The quantitative estimate of drug-likeness (QED) is 0.717. The van der Waals surface area contributed by atoms with Gasteiger partial charge in [0.15, 0.2) is 0 Å². The number of benzene rings is 2. The molecule has 3 rings (SSSR count). The maximum Gasteiger partial charge on any atom is 0.307 e. The van der Waals surface area contributed by atoms with Crippen LogP contribution in [0.4, 0.5) is 4.79 Å². The number of carbonyl (C=O) groups is 3. The Bertz CT molecular complexity index is 807. The molecule has 2 aromatic carbocycles. The summed E-state index contributed by atoms with van der Waals surface area (Å²) < 4.78 is 5.72. The molecule has 0 radical (unpaired) electrons. The van der Waals surface area contributed by atoms with Gasteiger partial charge in [-0.05, 0) is 41.8 Å². The molecule has 0 aromatic heterocycles. The molecule has 1 saturated heterocycles. The first kappa shape index (κ1) is 20.0. The number of imide groups is 1. The van der Waals surface area contributed by atoms with Gasteiger partial charge in [-0.1, -0.05) is 36.0 Å². The number of halogens is 1. The SMILES string of the molecule is Br.O=C(O)Cc1ccc(Oc2ccc(CC3SC(=O)NC3=O)cc2)cc1. The van der Waals surface area contributed by atoms with Crippen molar-refractivity contribution in [2.75, 3.05) is 0 Å². The molecule has 6 nitrogen and oxygen atoms in total. The molecule has 1 aliphatic rings. The van der Waals surface area contributed by atoms with Crippen molar-refractivity contribution in [3.05, 3.63) is 59.7 Å². The first-order chi connectivity index (χ1) is 12.0. The zero-order valence-corrected chi connectivity index (χ0v) is 16.0. The molecular weight excluding hydrogens is 422 g/mol. The summed E-state index contributed by atoms with van der Waals surface area (Å²) in [6.45, 7) is 0. The summed E-state index contributed by atoms with van der Waals surface area (Å²) in [5, 5.41) is 10.3. The number of ether oxygens (including phenoxy) is 1. The van der Waals surface area contributed by atoms with Crippen molar-refractivity contribution in [2.24, 2.45) is 0 Å². The Morgan fingerprint density at radius 3 is 2.00 bits per heavy atom. The van der Waals surface area contributed by atoms with Crippen LogP contribution in [-0.4, -0.2) is 27.5 Å². The maximum atomic E-state index is 11.6. The Morgan fingerprint density at radius 1 is 1.00 bits per heavy atom. The summed E-state index contributed by atoms with van der Waals surface area (Å²) in [4.78, 5) is 33.4. The van der Waals surface area contributed by atoms with Crippen LogP contribution in [0.3, 0.4) is 0 Å². The monoisotopic (exact) mass is 437 g/mol. The molecule has 26 heavy (non-hydrogen) atoms. The summed E-state index contributed by atoms with van der Waals surface area (Å²) in [5.74, 6) is 0.115. The smallest absolute Gasteiger partial charge is 0.307 e. The zero-order valence-electron chi connectivity index (χ0n) is 13.5. The zero-order chi connectivity index (χ0) is 17.8. The Balaban J connectivity index is 0.00000243.